The summed E-state index contributed by atoms with van der Waals surface area (Å²) >= 11 is 0. The number of benzene rings is 2. The number of aromatic nitrogens is 2. The van der Waals surface area contributed by atoms with E-state index in [0.717, 1.165) is 11.3 Å². The van der Waals surface area contributed by atoms with E-state index in [-0.39, 0.29) is 5.69 Å². The number of carbonyl (C=O) groups excluding carboxylic acids is 2. The van der Waals surface area contributed by atoms with E-state index in [1.165, 1.54) is 0 Å². The zero-order valence-electron chi connectivity index (χ0n) is 18.2. The number of nitro groups is 1. The molecular formula is C22H24N6O4. The molecule has 0 atom stereocenters. The van der Waals surface area contributed by atoms with E-state index < -0.39 is 16.7 Å². The van der Waals surface area contributed by atoms with E-state index in [0.29, 0.717) is 29.1 Å². The number of nitrogens with one attached hydrogen (secondary N) is 2. The van der Waals surface area contributed by atoms with E-state index in [1.807, 2.05) is 25.1 Å². The Labute approximate surface area is 185 Å². The van der Waals surface area contributed by atoms with Crippen molar-refractivity contribution in [3.63, 3.8) is 0 Å². The molecule has 166 valence electrons. The van der Waals surface area contributed by atoms with E-state index in [4.69, 9.17) is 0 Å². The molecule has 2 amide bonds. The standard InChI is InChI=1S/C22H24N6O4/c1-14-20(28(31)32)15(2)27(25-14)13-16-8-10-17(11-9-16)21(29)23-24-22(30)18-6-5-7-19(12-18)26(3)4/h5-12H,13H2,1-4H3,(H,23,29)(H,24,30). The van der Waals surface area contributed by atoms with Crippen molar-refractivity contribution < 1.29 is 14.5 Å². The molecule has 10 heteroatoms. The summed E-state index contributed by atoms with van der Waals surface area (Å²) in [5.41, 5.74) is 8.12. The minimum Gasteiger partial charge on any atom is -0.378 e. The zero-order chi connectivity index (χ0) is 23.4. The number of rotatable bonds is 6. The summed E-state index contributed by atoms with van der Waals surface area (Å²) in [6, 6.07) is 13.7. The van der Waals surface area contributed by atoms with Crippen molar-refractivity contribution in [3.8, 4) is 0 Å². The lowest BCUT2D eigenvalue weighted by Gasteiger charge is -2.13. The largest absolute Gasteiger partial charge is 0.378 e. The lowest BCUT2D eigenvalue weighted by atomic mass is 10.1. The average Bonchev–Trinajstić information content (AvgIpc) is 3.05. The molecule has 0 saturated carbocycles. The lowest BCUT2D eigenvalue weighted by molar-refractivity contribution is -0.386. The summed E-state index contributed by atoms with van der Waals surface area (Å²) in [6.07, 6.45) is 0. The van der Waals surface area contributed by atoms with Crippen LogP contribution in [0.5, 0.6) is 0 Å². The first-order valence-electron chi connectivity index (χ1n) is 9.82. The summed E-state index contributed by atoms with van der Waals surface area (Å²) in [6.45, 7) is 3.58. The molecule has 0 bridgehead atoms. The van der Waals surface area contributed by atoms with Crippen molar-refractivity contribution in [2.24, 2.45) is 0 Å². The van der Waals surface area contributed by atoms with E-state index in [9.17, 15) is 19.7 Å². The molecule has 1 aromatic heterocycles. The molecular weight excluding hydrogens is 412 g/mol. The molecule has 32 heavy (non-hydrogen) atoms. The molecule has 0 saturated heterocycles. The number of amides is 2. The fourth-order valence-electron chi connectivity index (χ4n) is 3.22. The molecule has 0 aliphatic carbocycles. The number of aryl methyl sites for hydroxylation is 1. The van der Waals surface area contributed by atoms with Gasteiger partial charge in [-0.1, -0.05) is 18.2 Å². The second-order valence-electron chi connectivity index (χ2n) is 7.48. The molecule has 0 spiro atoms. The third kappa shape index (κ3) is 4.91. The smallest absolute Gasteiger partial charge is 0.312 e. The maximum atomic E-state index is 12.4. The van der Waals surface area contributed by atoms with Gasteiger partial charge in [0.15, 0.2) is 0 Å². The minimum atomic E-state index is -0.463. The SMILES string of the molecule is Cc1nn(Cc2ccc(C(=O)NNC(=O)c3cccc(N(C)C)c3)cc2)c(C)c1[N+](=O)[O-]. The monoisotopic (exact) mass is 436 g/mol. The highest BCUT2D eigenvalue weighted by molar-refractivity contribution is 5.99. The topological polar surface area (TPSA) is 122 Å². The number of hydrogen-bond acceptors (Lipinski definition) is 6. The summed E-state index contributed by atoms with van der Waals surface area (Å²) < 4.78 is 1.56. The van der Waals surface area contributed by atoms with Crippen LogP contribution in [0.2, 0.25) is 0 Å². The van der Waals surface area contributed by atoms with Crippen LogP contribution in [0, 0.1) is 24.0 Å². The van der Waals surface area contributed by atoms with Gasteiger partial charge in [0.1, 0.15) is 11.4 Å². The van der Waals surface area contributed by atoms with Gasteiger partial charge in [-0.05, 0) is 49.7 Å². The van der Waals surface area contributed by atoms with Gasteiger partial charge in [-0.25, -0.2) is 0 Å². The van der Waals surface area contributed by atoms with Gasteiger partial charge < -0.3 is 4.90 Å². The van der Waals surface area contributed by atoms with Crippen LogP contribution in [-0.4, -0.2) is 40.6 Å². The van der Waals surface area contributed by atoms with Crippen molar-refractivity contribution in [1.29, 1.82) is 0 Å². The van der Waals surface area contributed by atoms with Crippen molar-refractivity contribution in [2.75, 3.05) is 19.0 Å². The van der Waals surface area contributed by atoms with Gasteiger partial charge in [-0.3, -0.25) is 35.2 Å². The maximum Gasteiger partial charge on any atom is 0.312 e. The van der Waals surface area contributed by atoms with Crippen LogP contribution in [0.4, 0.5) is 11.4 Å². The fourth-order valence-corrected chi connectivity index (χ4v) is 3.22. The molecule has 0 radical (unpaired) electrons. The Morgan fingerprint density at radius 2 is 1.66 bits per heavy atom. The molecule has 3 aromatic rings. The van der Waals surface area contributed by atoms with Gasteiger partial charge >= 0.3 is 5.69 Å². The summed E-state index contributed by atoms with van der Waals surface area (Å²) in [4.78, 5) is 37.3. The number of hydrazine groups is 1. The van der Waals surface area contributed by atoms with Crippen molar-refractivity contribution in [1.82, 2.24) is 20.6 Å². The molecule has 1 heterocycles. The third-order valence-electron chi connectivity index (χ3n) is 4.99. The predicted octanol–water partition coefficient (Wildman–Crippen LogP) is 2.60. The van der Waals surface area contributed by atoms with E-state index in [1.54, 1.807) is 61.0 Å². The molecule has 0 aliphatic rings. The molecule has 3 rings (SSSR count). The van der Waals surface area contributed by atoms with Gasteiger partial charge in [0.05, 0.1) is 11.5 Å². The van der Waals surface area contributed by atoms with Crippen LogP contribution in [0.3, 0.4) is 0 Å². The lowest BCUT2D eigenvalue weighted by Crippen LogP contribution is -2.41. The Morgan fingerprint density at radius 1 is 1.03 bits per heavy atom. The van der Waals surface area contributed by atoms with Crippen molar-refractivity contribution in [2.45, 2.75) is 20.4 Å². The highest BCUT2D eigenvalue weighted by Crippen LogP contribution is 2.22. The number of carbonyl (C=O) groups is 2. The van der Waals surface area contributed by atoms with Crippen molar-refractivity contribution in [3.05, 3.63) is 86.7 Å². The second kappa shape index (κ2) is 9.29. The van der Waals surface area contributed by atoms with Gasteiger partial charge in [0, 0.05) is 30.9 Å². The molecule has 0 unspecified atom stereocenters. The van der Waals surface area contributed by atoms with Crippen LogP contribution in [0.15, 0.2) is 48.5 Å². The van der Waals surface area contributed by atoms with Crippen LogP contribution in [0.1, 0.15) is 37.7 Å². The number of hydrogen-bond donors (Lipinski definition) is 2. The van der Waals surface area contributed by atoms with Gasteiger partial charge in [-0.15, -0.1) is 0 Å². The molecule has 0 aliphatic heterocycles. The van der Waals surface area contributed by atoms with Gasteiger partial charge in [0.2, 0.25) is 0 Å². The van der Waals surface area contributed by atoms with E-state index in [2.05, 4.69) is 16.0 Å². The van der Waals surface area contributed by atoms with Crippen molar-refractivity contribution >= 4 is 23.2 Å². The Morgan fingerprint density at radius 3 is 2.22 bits per heavy atom. The Hall–Kier alpha value is -4.21. The summed E-state index contributed by atoms with van der Waals surface area (Å²) in [5.74, 6) is -0.889. The molecule has 10 nitrogen and oxygen atoms in total. The predicted molar refractivity (Wildman–Crippen MR) is 120 cm³/mol. The first-order chi connectivity index (χ1) is 15.2. The summed E-state index contributed by atoms with van der Waals surface area (Å²) in [5, 5.41) is 15.4. The first-order valence-corrected chi connectivity index (χ1v) is 9.82. The number of anilines is 1. The van der Waals surface area contributed by atoms with Crippen LogP contribution in [0.25, 0.3) is 0 Å². The van der Waals surface area contributed by atoms with Gasteiger partial charge in [-0.2, -0.15) is 5.10 Å². The quantitative estimate of drug-likeness (QED) is 0.452. The van der Waals surface area contributed by atoms with Gasteiger partial charge in [0.25, 0.3) is 11.8 Å². The normalized spacial score (nSPS) is 10.5. The minimum absolute atomic E-state index is 0.00728. The van der Waals surface area contributed by atoms with E-state index >= 15 is 0 Å². The zero-order valence-corrected chi connectivity index (χ0v) is 18.2. The highest BCUT2D eigenvalue weighted by atomic mass is 16.6. The molecule has 2 aromatic carbocycles. The summed E-state index contributed by atoms with van der Waals surface area (Å²) in [7, 11) is 3.75. The molecule has 0 fully saturated rings. The third-order valence-corrected chi connectivity index (χ3v) is 4.99. The Kier molecular flexibility index (Phi) is 6.53. The first kappa shape index (κ1) is 22.5. The molecule has 2 N–H and O–H groups in total. The highest BCUT2D eigenvalue weighted by Gasteiger charge is 2.21. The fraction of sp³-hybridized carbons (Fsp3) is 0.227. The average molecular weight is 436 g/mol. The maximum absolute atomic E-state index is 12.4. The van der Waals surface area contributed by atoms with Crippen LogP contribution in [-0.2, 0) is 6.54 Å². The second-order valence-corrected chi connectivity index (χ2v) is 7.48. The van der Waals surface area contributed by atoms with Crippen LogP contribution < -0.4 is 15.8 Å². The van der Waals surface area contributed by atoms with Crippen LogP contribution >= 0.6 is 0 Å². The number of nitrogens with zero attached hydrogens (tertiary/aromatic N) is 4. The Balaban J connectivity index is 1.62. The Bertz CT molecular complexity index is 1170.